The molecule has 3 rings (SSSR count). The van der Waals surface area contributed by atoms with E-state index in [-0.39, 0.29) is 18.3 Å². The number of anilines is 1. The summed E-state index contributed by atoms with van der Waals surface area (Å²) in [4.78, 5) is 12.3. The summed E-state index contributed by atoms with van der Waals surface area (Å²) in [6, 6.07) is 18.3. The molecule has 0 spiro atoms. The fourth-order valence-electron chi connectivity index (χ4n) is 2.43. The van der Waals surface area contributed by atoms with Gasteiger partial charge in [0.15, 0.2) is 5.76 Å². The van der Waals surface area contributed by atoms with Gasteiger partial charge in [-0.25, -0.2) is 0 Å². The molecule has 0 saturated heterocycles. The van der Waals surface area contributed by atoms with Gasteiger partial charge in [0, 0.05) is 5.69 Å². The molecular weight excluding hydrogens is 330 g/mol. The number of rotatable bonds is 7. The summed E-state index contributed by atoms with van der Waals surface area (Å²) in [5.41, 5.74) is 1.80. The van der Waals surface area contributed by atoms with Crippen molar-refractivity contribution in [2.75, 3.05) is 11.9 Å². The van der Waals surface area contributed by atoms with Crippen LogP contribution in [0.4, 0.5) is 5.69 Å². The number of hydrogen-bond acceptors (Lipinski definition) is 4. The van der Waals surface area contributed by atoms with E-state index in [1.807, 2.05) is 50.2 Å². The molecule has 0 fully saturated rings. The average Bonchev–Trinajstić information content (AvgIpc) is 3.11. The van der Waals surface area contributed by atoms with Crippen LogP contribution in [0.3, 0.4) is 0 Å². The van der Waals surface area contributed by atoms with Crippen molar-refractivity contribution in [2.24, 2.45) is 0 Å². The number of ether oxygens (including phenoxy) is 2. The highest BCUT2D eigenvalue weighted by atomic mass is 16.5. The molecule has 1 heterocycles. The summed E-state index contributed by atoms with van der Waals surface area (Å²) < 4.78 is 16.6. The van der Waals surface area contributed by atoms with Gasteiger partial charge in [0.1, 0.15) is 23.9 Å². The van der Waals surface area contributed by atoms with Crippen molar-refractivity contribution in [3.63, 3.8) is 0 Å². The molecule has 2 aromatic carbocycles. The van der Waals surface area contributed by atoms with Gasteiger partial charge < -0.3 is 19.2 Å². The molecule has 0 unspecified atom stereocenters. The largest absolute Gasteiger partial charge is 0.494 e. The van der Waals surface area contributed by atoms with Crippen molar-refractivity contribution in [1.29, 1.82) is 0 Å². The van der Waals surface area contributed by atoms with Gasteiger partial charge in [0.05, 0.1) is 6.61 Å². The first-order valence-corrected chi connectivity index (χ1v) is 8.46. The van der Waals surface area contributed by atoms with Crippen LogP contribution in [0.1, 0.15) is 28.8 Å². The van der Waals surface area contributed by atoms with E-state index < -0.39 is 0 Å². The van der Waals surface area contributed by atoms with Gasteiger partial charge in [-0.05, 0) is 67.9 Å². The van der Waals surface area contributed by atoms with Crippen molar-refractivity contribution in [2.45, 2.75) is 20.5 Å². The molecule has 0 atom stereocenters. The van der Waals surface area contributed by atoms with E-state index in [1.54, 1.807) is 24.3 Å². The molecule has 0 saturated carbocycles. The molecule has 5 heteroatoms. The molecule has 0 bridgehead atoms. The average molecular weight is 351 g/mol. The van der Waals surface area contributed by atoms with Crippen LogP contribution < -0.4 is 14.8 Å². The number of furan rings is 1. The monoisotopic (exact) mass is 351 g/mol. The molecule has 3 aromatic rings. The van der Waals surface area contributed by atoms with E-state index in [1.165, 1.54) is 0 Å². The number of aryl methyl sites for hydroxylation is 1. The van der Waals surface area contributed by atoms with Crippen molar-refractivity contribution < 1.29 is 18.7 Å². The van der Waals surface area contributed by atoms with Crippen LogP contribution in [-0.2, 0) is 6.61 Å². The second kappa shape index (κ2) is 8.25. The highest BCUT2D eigenvalue weighted by Crippen LogP contribution is 2.18. The first kappa shape index (κ1) is 17.6. The fraction of sp³-hybridized carbons (Fsp3) is 0.190. The van der Waals surface area contributed by atoms with Gasteiger partial charge in [-0.1, -0.05) is 12.1 Å². The van der Waals surface area contributed by atoms with E-state index in [4.69, 9.17) is 13.9 Å². The maximum atomic E-state index is 12.3. The van der Waals surface area contributed by atoms with Gasteiger partial charge in [-0.2, -0.15) is 0 Å². The zero-order valence-electron chi connectivity index (χ0n) is 14.8. The van der Waals surface area contributed by atoms with Crippen molar-refractivity contribution in [3.05, 3.63) is 77.7 Å². The number of nitrogens with one attached hydrogen (secondary N) is 1. The summed E-state index contributed by atoms with van der Waals surface area (Å²) in [5.74, 6) is 2.04. The third-order valence-electron chi connectivity index (χ3n) is 3.68. The third kappa shape index (κ3) is 4.66. The molecule has 134 valence electrons. The van der Waals surface area contributed by atoms with Crippen LogP contribution in [0.2, 0.25) is 0 Å². The second-order valence-electron chi connectivity index (χ2n) is 5.78. The molecule has 0 aliphatic carbocycles. The minimum Gasteiger partial charge on any atom is -0.494 e. The highest BCUT2D eigenvalue weighted by Gasteiger charge is 2.12. The molecular formula is C21H21NO4. The van der Waals surface area contributed by atoms with Gasteiger partial charge >= 0.3 is 0 Å². The van der Waals surface area contributed by atoms with Gasteiger partial charge in [0.2, 0.25) is 0 Å². The smallest absolute Gasteiger partial charge is 0.291 e. The van der Waals surface area contributed by atoms with Crippen LogP contribution >= 0.6 is 0 Å². The predicted molar refractivity (Wildman–Crippen MR) is 99.8 cm³/mol. The number of carbonyl (C=O) groups is 1. The molecule has 0 radical (unpaired) electrons. The topological polar surface area (TPSA) is 60.7 Å². The Labute approximate surface area is 152 Å². The second-order valence-corrected chi connectivity index (χ2v) is 5.78. The summed E-state index contributed by atoms with van der Waals surface area (Å²) in [7, 11) is 0. The Hall–Kier alpha value is -3.21. The van der Waals surface area contributed by atoms with E-state index in [9.17, 15) is 4.79 Å². The summed E-state index contributed by atoms with van der Waals surface area (Å²) in [6.07, 6.45) is 0. The zero-order valence-corrected chi connectivity index (χ0v) is 14.8. The van der Waals surface area contributed by atoms with Crippen LogP contribution in [0.15, 0.2) is 65.1 Å². The van der Waals surface area contributed by atoms with E-state index in [0.29, 0.717) is 18.1 Å². The predicted octanol–water partition coefficient (Wildman–Crippen LogP) is 4.82. The lowest BCUT2D eigenvalue weighted by atomic mass is 10.2. The highest BCUT2D eigenvalue weighted by molar-refractivity contribution is 6.02. The minimum absolute atomic E-state index is 0.238. The number of benzene rings is 2. The van der Waals surface area contributed by atoms with E-state index in [2.05, 4.69) is 5.32 Å². The Morgan fingerprint density at radius 2 is 1.81 bits per heavy atom. The van der Waals surface area contributed by atoms with Gasteiger partial charge in [-0.3, -0.25) is 4.79 Å². The van der Waals surface area contributed by atoms with Crippen LogP contribution in [0.25, 0.3) is 0 Å². The number of amides is 1. The van der Waals surface area contributed by atoms with Crippen LogP contribution in [0.5, 0.6) is 11.5 Å². The molecule has 1 N–H and O–H groups in total. The SMILES string of the molecule is CCOc1ccc(NC(=O)c2ccc(COc3cccc(C)c3)o2)cc1. The van der Waals surface area contributed by atoms with E-state index in [0.717, 1.165) is 17.1 Å². The van der Waals surface area contributed by atoms with Crippen molar-refractivity contribution in [3.8, 4) is 11.5 Å². The Kier molecular flexibility index (Phi) is 5.59. The molecule has 26 heavy (non-hydrogen) atoms. The maximum Gasteiger partial charge on any atom is 0.291 e. The number of hydrogen-bond donors (Lipinski definition) is 1. The normalized spacial score (nSPS) is 10.4. The lowest BCUT2D eigenvalue weighted by Crippen LogP contribution is -2.10. The molecule has 1 aromatic heterocycles. The maximum absolute atomic E-state index is 12.3. The lowest BCUT2D eigenvalue weighted by molar-refractivity contribution is 0.0992. The first-order valence-electron chi connectivity index (χ1n) is 8.46. The van der Waals surface area contributed by atoms with Gasteiger partial charge in [0.25, 0.3) is 5.91 Å². The van der Waals surface area contributed by atoms with E-state index >= 15 is 0 Å². The molecule has 1 amide bonds. The standard InChI is InChI=1S/C21H21NO4/c1-3-24-17-9-7-16(8-10-17)22-21(23)20-12-11-19(26-20)14-25-18-6-4-5-15(2)13-18/h4-13H,3,14H2,1-2H3,(H,22,23). The third-order valence-corrected chi connectivity index (χ3v) is 3.68. The first-order chi connectivity index (χ1) is 12.6. The van der Waals surface area contributed by atoms with Crippen molar-refractivity contribution >= 4 is 11.6 Å². The zero-order chi connectivity index (χ0) is 18.4. The Balaban J connectivity index is 1.57. The number of carbonyl (C=O) groups excluding carboxylic acids is 1. The van der Waals surface area contributed by atoms with Gasteiger partial charge in [-0.15, -0.1) is 0 Å². The molecule has 5 nitrogen and oxygen atoms in total. The Morgan fingerprint density at radius 3 is 2.54 bits per heavy atom. The quantitative estimate of drug-likeness (QED) is 0.663. The summed E-state index contributed by atoms with van der Waals surface area (Å²) in [6.45, 7) is 4.79. The van der Waals surface area contributed by atoms with Crippen molar-refractivity contribution in [1.82, 2.24) is 0 Å². The fourth-order valence-corrected chi connectivity index (χ4v) is 2.43. The molecule has 0 aliphatic rings. The molecule has 0 aliphatic heterocycles. The summed E-state index contributed by atoms with van der Waals surface area (Å²) >= 11 is 0. The summed E-state index contributed by atoms with van der Waals surface area (Å²) in [5, 5.41) is 2.79. The Morgan fingerprint density at radius 1 is 1.00 bits per heavy atom. The lowest BCUT2D eigenvalue weighted by Gasteiger charge is -2.06. The van der Waals surface area contributed by atoms with Crippen LogP contribution in [-0.4, -0.2) is 12.5 Å². The minimum atomic E-state index is -0.309. The van der Waals surface area contributed by atoms with Crippen LogP contribution in [0, 0.1) is 6.92 Å². The Bertz CT molecular complexity index is 868.